The number of carbonyl (C=O) groups is 2. The fourth-order valence-electron chi connectivity index (χ4n) is 1.52. The van der Waals surface area contributed by atoms with Gasteiger partial charge in [0.25, 0.3) is 0 Å². The first-order valence-corrected chi connectivity index (χ1v) is 6.18. The average molecular weight is 286 g/mol. The van der Waals surface area contributed by atoms with E-state index in [1.807, 2.05) is 0 Å². The number of methoxy groups -OCH3 is 1. The summed E-state index contributed by atoms with van der Waals surface area (Å²) in [5, 5.41) is 4.92. The van der Waals surface area contributed by atoms with Crippen molar-refractivity contribution in [3.05, 3.63) is 48.4 Å². The third-order valence-corrected chi connectivity index (χ3v) is 2.57. The molecular formula is C14H14N4O3. The molecule has 0 unspecified atom stereocenters. The molecule has 0 aliphatic rings. The van der Waals surface area contributed by atoms with Crippen LogP contribution in [0.5, 0.6) is 5.88 Å². The Balaban J connectivity index is 1.86. The summed E-state index contributed by atoms with van der Waals surface area (Å²) in [6.45, 7) is 0.188. The summed E-state index contributed by atoms with van der Waals surface area (Å²) in [4.78, 5) is 31.3. The number of anilines is 1. The summed E-state index contributed by atoms with van der Waals surface area (Å²) in [7, 11) is 1.49. The van der Waals surface area contributed by atoms with Crippen LogP contribution in [0.15, 0.2) is 42.7 Å². The zero-order chi connectivity index (χ0) is 15.1. The van der Waals surface area contributed by atoms with Gasteiger partial charge in [0.2, 0.25) is 5.88 Å². The first-order chi connectivity index (χ1) is 10.2. The molecule has 0 atom stereocenters. The minimum atomic E-state index is -0.766. The molecular weight excluding hydrogens is 272 g/mol. The fourth-order valence-corrected chi connectivity index (χ4v) is 1.52. The summed E-state index contributed by atoms with van der Waals surface area (Å²) >= 11 is 0. The smallest absolute Gasteiger partial charge is 0.313 e. The van der Waals surface area contributed by atoms with Gasteiger partial charge in [-0.05, 0) is 18.2 Å². The van der Waals surface area contributed by atoms with Gasteiger partial charge in [-0.2, -0.15) is 0 Å². The van der Waals surface area contributed by atoms with Crippen LogP contribution >= 0.6 is 0 Å². The van der Waals surface area contributed by atoms with Gasteiger partial charge in [-0.1, -0.05) is 6.07 Å². The number of amides is 2. The Morgan fingerprint density at radius 2 is 2.00 bits per heavy atom. The Labute approximate surface area is 121 Å². The summed E-state index contributed by atoms with van der Waals surface area (Å²) in [6.07, 6.45) is 3.02. The molecule has 0 bridgehead atoms. The maximum absolute atomic E-state index is 11.7. The minimum absolute atomic E-state index is 0.188. The molecule has 0 saturated heterocycles. The Hall–Kier alpha value is -2.96. The predicted molar refractivity (Wildman–Crippen MR) is 75.5 cm³/mol. The van der Waals surface area contributed by atoms with Crippen molar-refractivity contribution in [2.75, 3.05) is 12.4 Å². The maximum Gasteiger partial charge on any atom is 0.313 e. The van der Waals surface area contributed by atoms with E-state index in [4.69, 9.17) is 4.74 Å². The van der Waals surface area contributed by atoms with Crippen molar-refractivity contribution in [3.8, 4) is 5.88 Å². The third kappa shape index (κ3) is 4.27. The topological polar surface area (TPSA) is 93.2 Å². The molecule has 0 aliphatic carbocycles. The largest absolute Gasteiger partial charge is 0.481 e. The number of ether oxygens (including phenoxy) is 1. The molecule has 0 radical (unpaired) electrons. The van der Waals surface area contributed by atoms with Crippen LogP contribution in [0.1, 0.15) is 5.69 Å². The Bertz CT molecular complexity index is 614. The summed E-state index contributed by atoms with van der Waals surface area (Å²) in [5.41, 5.74) is 1.08. The normalized spacial score (nSPS) is 9.76. The highest BCUT2D eigenvalue weighted by Gasteiger charge is 2.13. The monoisotopic (exact) mass is 286 g/mol. The molecule has 2 amide bonds. The van der Waals surface area contributed by atoms with Gasteiger partial charge in [0.15, 0.2) is 0 Å². The standard InChI is InChI=1S/C14H14N4O3/c1-21-12-6-5-11(9-16-12)18-14(20)13(19)17-8-10-4-2-3-7-15-10/h2-7,9H,8H2,1H3,(H,17,19)(H,18,20). The van der Waals surface area contributed by atoms with E-state index < -0.39 is 11.8 Å². The van der Waals surface area contributed by atoms with E-state index in [2.05, 4.69) is 20.6 Å². The van der Waals surface area contributed by atoms with Crippen LogP contribution in [-0.4, -0.2) is 28.9 Å². The summed E-state index contributed by atoms with van der Waals surface area (Å²) in [5.74, 6) is -1.08. The van der Waals surface area contributed by atoms with Crippen molar-refractivity contribution in [1.29, 1.82) is 0 Å². The van der Waals surface area contributed by atoms with Gasteiger partial charge in [0, 0.05) is 12.3 Å². The van der Waals surface area contributed by atoms with E-state index in [9.17, 15) is 9.59 Å². The Kier molecular flexibility index (Phi) is 4.81. The van der Waals surface area contributed by atoms with E-state index in [1.165, 1.54) is 13.3 Å². The number of hydrogen-bond acceptors (Lipinski definition) is 5. The number of pyridine rings is 2. The van der Waals surface area contributed by atoms with Gasteiger partial charge < -0.3 is 15.4 Å². The predicted octanol–water partition coefficient (Wildman–Crippen LogP) is 0.740. The van der Waals surface area contributed by atoms with E-state index in [0.717, 1.165) is 0 Å². The van der Waals surface area contributed by atoms with Crippen LogP contribution in [0.3, 0.4) is 0 Å². The molecule has 0 aromatic carbocycles. The molecule has 0 fully saturated rings. The zero-order valence-corrected chi connectivity index (χ0v) is 11.4. The van der Waals surface area contributed by atoms with E-state index in [0.29, 0.717) is 17.3 Å². The van der Waals surface area contributed by atoms with Gasteiger partial charge in [-0.3, -0.25) is 14.6 Å². The molecule has 0 saturated carbocycles. The lowest BCUT2D eigenvalue weighted by Gasteiger charge is -2.06. The average Bonchev–Trinajstić information content (AvgIpc) is 2.54. The molecule has 2 aromatic heterocycles. The number of hydrogen-bond donors (Lipinski definition) is 2. The van der Waals surface area contributed by atoms with Crippen molar-refractivity contribution < 1.29 is 14.3 Å². The van der Waals surface area contributed by atoms with Gasteiger partial charge in [-0.25, -0.2) is 4.98 Å². The molecule has 21 heavy (non-hydrogen) atoms. The van der Waals surface area contributed by atoms with Gasteiger partial charge in [0.1, 0.15) is 0 Å². The van der Waals surface area contributed by atoms with Crippen molar-refractivity contribution in [1.82, 2.24) is 15.3 Å². The van der Waals surface area contributed by atoms with Gasteiger partial charge in [-0.15, -0.1) is 0 Å². The van der Waals surface area contributed by atoms with Gasteiger partial charge in [0.05, 0.1) is 31.2 Å². The van der Waals surface area contributed by atoms with Crippen molar-refractivity contribution >= 4 is 17.5 Å². The molecule has 2 aromatic rings. The number of nitrogens with one attached hydrogen (secondary N) is 2. The highest BCUT2D eigenvalue weighted by molar-refractivity contribution is 6.39. The molecule has 2 rings (SSSR count). The molecule has 2 N–H and O–H groups in total. The molecule has 7 heteroatoms. The highest BCUT2D eigenvalue weighted by atomic mass is 16.5. The van der Waals surface area contributed by atoms with E-state index in [1.54, 1.807) is 36.5 Å². The maximum atomic E-state index is 11.7. The van der Waals surface area contributed by atoms with Crippen LogP contribution in [-0.2, 0) is 16.1 Å². The van der Waals surface area contributed by atoms with Crippen LogP contribution in [0, 0.1) is 0 Å². The quantitative estimate of drug-likeness (QED) is 0.809. The summed E-state index contributed by atoms with van der Waals surface area (Å²) in [6, 6.07) is 8.51. The van der Waals surface area contributed by atoms with Crippen LogP contribution in [0.4, 0.5) is 5.69 Å². The number of carbonyl (C=O) groups excluding carboxylic acids is 2. The second-order valence-corrected chi connectivity index (χ2v) is 4.05. The Morgan fingerprint density at radius 3 is 2.62 bits per heavy atom. The van der Waals surface area contributed by atoms with Crippen LogP contribution < -0.4 is 15.4 Å². The SMILES string of the molecule is COc1ccc(NC(=O)C(=O)NCc2ccccn2)cn1. The van der Waals surface area contributed by atoms with Gasteiger partial charge >= 0.3 is 11.8 Å². The lowest BCUT2D eigenvalue weighted by Crippen LogP contribution is -2.35. The van der Waals surface area contributed by atoms with E-state index in [-0.39, 0.29) is 6.54 Å². The number of aromatic nitrogens is 2. The van der Waals surface area contributed by atoms with Crippen molar-refractivity contribution in [2.24, 2.45) is 0 Å². The first kappa shape index (κ1) is 14.4. The minimum Gasteiger partial charge on any atom is -0.481 e. The van der Waals surface area contributed by atoms with E-state index >= 15 is 0 Å². The summed E-state index contributed by atoms with van der Waals surface area (Å²) < 4.78 is 4.90. The molecule has 108 valence electrons. The van der Waals surface area contributed by atoms with Crippen LogP contribution in [0.25, 0.3) is 0 Å². The second-order valence-electron chi connectivity index (χ2n) is 4.05. The molecule has 0 spiro atoms. The lowest BCUT2D eigenvalue weighted by molar-refractivity contribution is -0.136. The van der Waals surface area contributed by atoms with Crippen LogP contribution in [0.2, 0.25) is 0 Å². The zero-order valence-electron chi connectivity index (χ0n) is 11.4. The molecule has 0 aliphatic heterocycles. The lowest BCUT2D eigenvalue weighted by atomic mass is 10.3. The second kappa shape index (κ2) is 6.99. The van der Waals surface area contributed by atoms with Crippen molar-refractivity contribution in [3.63, 3.8) is 0 Å². The molecule has 2 heterocycles. The number of rotatable bonds is 4. The number of nitrogens with zero attached hydrogens (tertiary/aromatic N) is 2. The third-order valence-electron chi connectivity index (χ3n) is 2.57. The molecule has 7 nitrogen and oxygen atoms in total. The first-order valence-electron chi connectivity index (χ1n) is 6.18. The fraction of sp³-hybridized carbons (Fsp3) is 0.143. The van der Waals surface area contributed by atoms with Crippen molar-refractivity contribution in [2.45, 2.75) is 6.54 Å². The highest BCUT2D eigenvalue weighted by Crippen LogP contribution is 2.10. The Morgan fingerprint density at radius 1 is 1.14 bits per heavy atom.